The van der Waals surface area contributed by atoms with Crippen LogP contribution in [0.4, 0.5) is 4.79 Å². The zero-order valence-corrected chi connectivity index (χ0v) is 9.18. The molecule has 0 spiro atoms. The predicted molar refractivity (Wildman–Crippen MR) is 59.2 cm³/mol. The Balaban J connectivity index is 1.95. The second-order valence-electron chi connectivity index (χ2n) is 3.80. The Morgan fingerprint density at radius 2 is 2.25 bits per heavy atom. The van der Waals surface area contributed by atoms with Gasteiger partial charge >= 0.3 is 6.09 Å². The van der Waals surface area contributed by atoms with Crippen LogP contribution in [0.2, 0.25) is 0 Å². The third-order valence-electron chi connectivity index (χ3n) is 2.59. The molecule has 1 aliphatic rings. The van der Waals surface area contributed by atoms with E-state index in [9.17, 15) is 4.79 Å². The molecule has 2 atom stereocenters. The standard InChI is InChI=1S/C12H15NO3/c1-15-12(14)13-10(11-8-16-11)7-9-5-3-2-4-6-9/h2-6,10-11H,7-8H2,1H3,(H,13,14). The van der Waals surface area contributed by atoms with E-state index in [-0.39, 0.29) is 12.1 Å². The molecular weight excluding hydrogens is 206 g/mol. The van der Waals surface area contributed by atoms with Crippen LogP contribution in [0.3, 0.4) is 0 Å². The first-order chi connectivity index (χ1) is 7.79. The van der Waals surface area contributed by atoms with Crippen LogP contribution in [-0.4, -0.2) is 32.0 Å². The van der Waals surface area contributed by atoms with Crippen molar-refractivity contribution in [2.45, 2.75) is 18.6 Å². The number of hydrogen-bond acceptors (Lipinski definition) is 3. The zero-order chi connectivity index (χ0) is 11.4. The molecule has 0 aromatic heterocycles. The topological polar surface area (TPSA) is 50.9 Å². The number of amides is 1. The summed E-state index contributed by atoms with van der Waals surface area (Å²) >= 11 is 0. The van der Waals surface area contributed by atoms with Crippen LogP contribution < -0.4 is 5.32 Å². The fraction of sp³-hybridized carbons (Fsp3) is 0.417. The number of nitrogens with one attached hydrogen (secondary N) is 1. The molecule has 2 unspecified atom stereocenters. The lowest BCUT2D eigenvalue weighted by Gasteiger charge is -2.15. The average molecular weight is 221 g/mol. The number of methoxy groups -OCH3 is 1. The van der Waals surface area contributed by atoms with Gasteiger partial charge in [0.25, 0.3) is 0 Å². The summed E-state index contributed by atoms with van der Waals surface area (Å²) in [6.45, 7) is 0.710. The molecule has 1 heterocycles. The van der Waals surface area contributed by atoms with E-state index in [0.29, 0.717) is 6.61 Å². The highest BCUT2D eigenvalue weighted by Crippen LogP contribution is 2.18. The van der Waals surface area contributed by atoms with Crippen LogP contribution in [0, 0.1) is 0 Å². The Kier molecular flexibility index (Phi) is 3.41. The highest BCUT2D eigenvalue weighted by Gasteiger charge is 2.34. The number of benzene rings is 1. The van der Waals surface area contributed by atoms with Crippen molar-refractivity contribution in [3.8, 4) is 0 Å². The summed E-state index contributed by atoms with van der Waals surface area (Å²) < 4.78 is 9.81. The number of carbonyl (C=O) groups excluding carboxylic acids is 1. The van der Waals surface area contributed by atoms with Gasteiger partial charge in [0.1, 0.15) is 6.10 Å². The quantitative estimate of drug-likeness (QED) is 0.781. The van der Waals surface area contributed by atoms with Crippen molar-refractivity contribution in [1.82, 2.24) is 5.32 Å². The van der Waals surface area contributed by atoms with Crippen LogP contribution in [-0.2, 0) is 15.9 Å². The van der Waals surface area contributed by atoms with Gasteiger partial charge in [-0.25, -0.2) is 4.79 Å². The van der Waals surface area contributed by atoms with Crippen molar-refractivity contribution in [1.29, 1.82) is 0 Å². The van der Waals surface area contributed by atoms with Gasteiger partial charge < -0.3 is 14.8 Å². The van der Waals surface area contributed by atoms with E-state index in [2.05, 4.69) is 10.1 Å². The monoisotopic (exact) mass is 221 g/mol. The molecule has 1 amide bonds. The van der Waals surface area contributed by atoms with Gasteiger partial charge in [-0.15, -0.1) is 0 Å². The predicted octanol–water partition coefficient (Wildman–Crippen LogP) is 1.35. The van der Waals surface area contributed by atoms with Crippen LogP contribution in [0.5, 0.6) is 0 Å². The molecule has 0 aliphatic carbocycles. The maximum absolute atomic E-state index is 11.2. The summed E-state index contributed by atoms with van der Waals surface area (Å²) in [6.07, 6.45) is 0.483. The smallest absolute Gasteiger partial charge is 0.407 e. The Labute approximate surface area is 94.6 Å². The summed E-state index contributed by atoms with van der Waals surface area (Å²) in [5.74, 6) is 0. The van der Waals surface area contributed by atoms with Gasteiger partial charge in [0.05, 0.1) is 19.8 Å². The van der Waals surface area contributed by atoms with Gasteiger partial charge in [0.2, 0.25) is 0 Å². The Bertz CT molecular complexity index is 349. The maximum Gasteiger partial charge on any atom is 0.407 e. The van der Waals surface area contributed by atoms with E-state index in [0.717, 1.165) is 6.42 Å². The molecule has 2 rings (SSSR count). The molecule has 16 heavy (non-hydrogen) atoms. The second kappa shape index (κ2) is 4.99. The summed E-state index contributed by atoms with van der Waals surface area (Å²) in [6, 6.07) is 10.0. The number of hydrogen-bond donors (Lipinski definition) is 1. The third kappa shape index (κ3) is 2.97. The largest absolute Gasteiger partial charge is 0.453 e. The summed E-state index contributed by atoms with van der Waals surface area (Å²) in [5, 5.41) is 2.79. The first-order valence-electron chi connectivity index (χ1n) is 5.29. The Morgan fingerprint density at radius 3 is 2.81 bits per heavy atom. The number of alkyl carbamates (subject to hydrolysis) is 1. The molecule has 4 nitrogen and oxygen atoms in total. The Morgan fingerprint density at radius 1 is 1.56 bits per heavy atom. The highest BCUT2D eigenvalue weighted by molar-refractivity contribution is 5.67. The number of rotatable bonds is 4. The molecule has 0 bridgehead atoms. The first kappa shape index (κ1) is 11.0. The maximum atomic E-state index is 11.2. The molecule has 1 aromatic carbocycles. The average Bonchev–Trinajstić information content (AvgIpc) is 3.13. The summed E-state index contributed by atoms with van der Waals surface area (Å²) in [7, 11) is 1.36. The molecule has 1 N–H and O–H groups in total. The molecule has 86 valence electrons. The lowest BCUT2D eigenvalue weighted by molar-refractivity contribution is 0.163. The number of carbonyl (C=O) groups is 1. The molecule has 4 heteroatoms. The lowest BCUT2D eigenvalue weighted by atomic mass is 10.0. The van der Waals surface area contributed by atoms with E-state index in [1.807, 2.05) is 30.3 Å². The fourth-order valence-electron chi connectivity index (χ4n) is 1.64. The van der Waals surface area contributed by atoms with Gasteiger partial charge in [-0.1, -0.05) is 30.3 Å². The molecule has 1 fully saturated rings. The van der Waals surface area contributed by atoms with Crippen molar-refractivity contribution < 1.29 is 14.3 Å². The van der Waals surface area contributed by atoms with E-state index < -0.39 is 6.09 Å². The zero-order valence-electron chi connectivity index (χ0n) is 9.18. The van der Waals surface area contributed by atoms with E-state index in [1.165, 1.54) is 12.7 Å². The first-order valence-corrected chi connectivity index (χ1v) is 5.29. The van der Waals surface area contributed by atoms with E-state index in [4.69, 9.17) is 4.74 Å². The van der Waals surface area contributed by atoms with Gasteiger partial charge in [-0.2, -0.15) is 0 Å². The minimum Gasteiger partial charge on any atom is -0.453 e. The molecule has 1 saturated heterocycles. The van der Waals surface area contributed by atoms with Gasteiger partial charge in [0.15, 0.2) is 0 Å². The SMILES string of the molecule is COC(=O)NC(Cc1ccccc1)C1CO1. The molecule has 0 radical (unpaired) electrons. The van der Waals surface area contributed by atoms with Crippen molar-refractivity contribution in [3.05, 3.63) is 35.9 Å². The van der Waals surface area contributed by atoms with Crippen molar-refractivity contribution in [2.24, 2.45) is 0 Å². The third-order valence-corrected chi connectivity index (χ3v) is 2.59. The highest BCUT2D eigenvalue weighted by atomic mass is 16.6. The molecule has 1 aromatic rings. The van der Waals surface area contributed by atoms with Crippen molar-refractivity contribution >= 4 is 6.09 Å². The minimum atomic E-state index is -0.406. The molecule has 0 saturated carbocycles. The lowest BCUT2D eigenvalue weighted by Crippen LogP contribution is -2.40. The summed E-state index contributed by atoms with van der Waals surface area (Å²) in [4.78, 5) is 11.2. The molecular formula is C12H15NO3. The molecule has 1 aliphatic heterocycles. The van der Waals surface area contributed by atoms with Gasteiger partial charge in [-0.3, -0.25) is 0 Å². The summed E-state index contributed by atoms with van der Waals surface area (Å²) in [5.41, 5.74) is 1.18. The Hall–Kier alpha value is -1.55. The van der Waals surface area contributed by atoms with Crippen molar-refractivity contribution in [3.63, 3.8) is 0 Å². The van der Waals surface area contributed by atoms with Gasteiger partial charge in [-0.05, 0) is 12.0 Å². The van der Waals surface area contributed by atoms with Crippen molar-refractivity contribution in [2.75, 3.05) is 13.7 Å². The number of epoxide rings is 1. The fourth-order valence-corrected chi connectivity index (χ4v) is 1.64. The van der Waals surface area contributed by atoms with Crippen LogP contribution in [0.25, 0.3) is 0 Å². The van der Waals surface area contributed by atoms with E-state index in [1.54, 1.807) is 0 Å². The van der Waals surface area contributed by atoms with Crippen LogP contribution >= 0.6 is 0 Å². The number of ether oxygens (including phenoxy) is 2. The normalized spacial score (nSPS) is 19.9. The van der Waals surface area contributed by atoms with E-state index >= 15 is 0 Å². The van der Waals surface area contributed by atoms with Crippen LogP contribution in [0.15, 0.2) is 30.3 Å². The second-order valence-corrected chi connectivity index (χ2v) is 3.80. The van der Waals surface area contributed by atoms with Gasteiger partial charge in [0, 0.05) is 0 Å². The van der Waals surface area contributed by atoms with Crippen LogP contribution in [0.1, 0.15) is 5.56 Å². The minimum absolute atomic E-state index is 0.00477.